The summed E-state index contributed by atoms with van der Waals surface area (Å²) in [6.07, 6.45) is 3.89. The highest BCUT2D eigenvalue weighted by Gasteiger charge is 2.12. The first kappa shape index (κ1) is 15.2. The number of anilines is 1. The molecule has 1 aromatic carbocycles. The quantitative estimate of drug-likeness (QED) is 0.726. The fourth-order valence-corrected chi connectivity index (χ4v) is 2.37. The Morgan fingerprint density at radius 1 is 1.17 bits per heavy atom. The maximum absolute atomic E-state index is 12.0. The van der Waals surface area contributed by atoms with Crippen molar-refractivity contribution in [1.82, 2.24) is 15.2 Å². The number of benzene rings is 1. The molecule has 3 rings (SSSR count). The van der Waals surface area contributed by atoms with Crippen LogP contribution in [0.25, 0.3) is 11.6 Å². The van der Waals surface area contributed by atoms with Crippen LogP contribution in [0.2, 0.25) is 0 Å². The molecule has 0 aliphatic carbocycles. The molecule has 0 saturated carbocycles. The molecule has 0 fully saturated rings. The first-order valence-electron chi connectivity index (χ1n) is 6.92. The van der Waals surface area contributed by atoms with Gasteiger partial charge in [-0.1, -0.05) is 23.3 Å². The number of thioether (sulfide) groups is 1. The molecule has 0 aliphatic rings. The Hall–Kier alpha value is -2.67. The number of carbonyl (C=O) groups excluding carboxylic acids is 1. The van der Waals surface area contributed by atoms with Gasteiger partial charge in [-0.05, 0) is 36.1 Å². The molecular formula is C16H14N4O2S. The molecule has 1 N–H and O–H groups in total. The molecular weight excluding hydrogens is 312 g/mol. The molecule has 2 heterocycles. The van der Waals surface area contributed by atoms with Crippen LogP contribution in [0.15, 0.2) is 58.0 Å². The van der Waals surface area contributed by atoms with E-state index in [-0.39, 0.29) is 24.2 Å². The second kappa shape index (κ2) is 7.06. The molecule has 0 unspecified atom stereocenters. The Kier molecular flexibility index (Phi) is 4.68. The van der Waals surface area contributed by atoms with Gasteiger partial charge in [-0.25, -0.2) is 0 Å². The van der Waals surface area contributed by atoms with Gasteiger partial charge in [0, 0.05) is 11.1 Å². The smallest absolute Gasteiger partial charge is 0.322 e. The number of carbonyl (C=O) groups is 1. The largest absolute Gasteiger partial charge is 0.401 e. The van der Waals surface area contributed by atoms with Crippen LogP contribution in [-0.4, -0.2) is 27.3 Å². The van der Waals surface area contributed by atoms with E-state index in [1.165, 1.54) is 0 Å². The van der Waals surface area contributed by atoms with Crippen LogP contribution in [-0.2, 0) is 11.2 Å². The SMILES string of the molecule is CSc1ccc(CC(=O)Nc2nnc(-c3ccccn3)o2)cc1. The van der Waals surface area contributed by atoms with Crippen LogP contribution in [0.4, 0.5) is 6.01 Å². The van der Waals surface area contributed by atoms with E-state index in [9.17, 15) is 4.79 Å². The third-order valence-electron chi connectivity index (χ3n) is 3.08. The standard InChI is InChI=1S/C16H14N4O2S/c1-23-12-7-5-11(6-8-12)10-14(21)18-16-20-19-15(22-16)13-4-2-3-9-17-13/h2-9H,10H2,1H3,(H,18,20,21). The summed E-state index contributed by atoms with van der Waals surface area (Å²) in [5.41, 5.74) is 1.48. The molecule has 0 radical (unpaired) electrons. The topological polar surface area (TPSA) is 80.9 Å². The Bertz CT molecular complexity index is 787. The number of pyridine rings is 1. The minimum absolute atomic E-state index is 0.0661. The zero-order valence-electron chi connectivity index (χ0n) is 12.4. The molecule has 1 amide bonds. The number of amides is 1. The van der Waals surface area contributed by atoms with Crippen molar-refractivity contribution in [2.24, 2.45) is 0 Å². The summed E-state index contributed by atoms with van der Waals surface area (Å²) >= 11 is 1.66. The summed E-state index contributed by atoms with van der Waals surface area (Å²) in [5, 5.41) is 10.3. The van der Waals surface area contributed by atoms with Gasteiger partial charge in [-0.15, -0.1) is 16.9 Å². The van der Waals surface area contributed by atoms with E-state index >= 15 is 0 Å². The molecule has 6 nitrogen and oxygen atoms in total. The first-order chi connectivity index (χ1) is 11.2. The lowest BCUT2D eigenvalue weighted by Gasteiger charge is -2.02. The number of nitrogens with zero attached hydrogens (tertiary/aromatic N) is 3. The highest BCUT2D eigenvalue weighted by atomic mass is 32.2. The second-order valence-electron chi connectivity index (χ2n) is 4.70. The van der Waals surface area contributed by atoms with Crippen LogP contribution in [0.3, 0.4) is 0 Å². The third kappa shape index (κ3) is 3.95. The Balaban J connectivity index is 1.63. The molecule has 116 valence electrons. The predicted molar refractivity (Wildman–Crippen MR) is 88.1 cm³/mol. The van der Waals surface area contributed by atoms with Crippen molar-refractivity contribution in [2.45, 2.75) is 11.3 Å². The first-order valence-corrected chi connectivity index (χ1v) is 8.15. The Labute approximate surface area is 137 Å². The number of hydrogen-bond acceptors (Lipinski definition) is 6. The summed E-state index contributed by atoms with van der Waals surface area (Å²) in [7, 11) is 0. The van der Waals surface area contributed by atoms with E-state index in [1.807, 2.05) is 36.6 Å². The molecule has 0 atom stereocenters. The summed E-state index contributed by atoms with van der Waals surface area (Å²) in [4.78, 5) is 17.3. The Morgan fingerprint density at radius 3 is 2.70 bits per heavy atom. The lowest BCUT2D eigenvalue weighted by Crippen LogP contribution is -2.14. The van der Waals surface area contributed by atoms with Gasteiger partial charge in [0.25, 0.3) is 5.89 Å². The van der Waals surface area contributed by atoms with E-state index in [0.717, 1.165) is 10.5 Å². The average molecular weight is 326 g/mol. The van der Waals surface area contributed by atoms with Crippen molar-refractivity contribution >= 4 is 23.7 Å². The van der Waals surface area contributed by atoms with Crippen molar-refractivity contribution in [3.8, 4) is 11.6 Å². The van der Waals surface area contributed by atoms with Crippen LogP contribution in [0.5, 0.6) is 0 Å². The molecule has 2 aromatic heterocycles. The van der Waals surface area contributed by atoms with Gasteiger partial charge in [0.2, 0.25) is 5.91 Å². The Morgan fingerprint density at radius 2 is 2.00 bits per heavy atom. The molecule has 3 aromatic rings. The highest BCUT2D eigenvalue weighted by Crippen LogP contribution is 2.18. The van der Waals surface area contributed by atoms with Crippen molar-refractivity contribution < 1.29 is 9.21 Å². The fourth-order valence-electron chi connectivity index (χ4n) is 1.96. The lowest BCUT2D eigenvalue weighted by atomic mass is 10.1. The highest BCUT2D eigenvalue weighted by molar-refractivity contribution is 7.98. The van der Waals surface area contributed by atoms with Gasteiger partial charge in [0.15, 0.2) is 0 Å². The second-order valence-corrected chi connectivity index (χ2v) is 5.58. The minimum Gasteiger partial charge on any atom is -0.401 e. The molecule has 0 aliphatic heterocycles. The minimum atomic E-state index is -0.210. The average Bonchev–Trinajstić information content (AvgIpc) is 3.04. The molecule has 0 bridgehead atoms. The van der Waals surface area contributed by atoms with E-state index in [1.54, 1.807) is 30.1 Å². The molecule has 7 heteroatoms. The van der Waals surface area contributed by atoms with Crippen LogP contribution >= 0.6 is 11.8 Å². The normalized spacial score (nSPS) is 10.5. The summed E-state index contributed by atoms with van der Waals surface area (Å²) in [6.45, 7) is 0. The monoisotopic (exact) mass is 326 g/mol. The predicted octanol–water partition coefficient (Wildman–Crippen LogP) is 3.03. The zero-order chi connectivity index (χ0) is 16.1. The maximum atomic E-state index is 12.0. The maximum Gasteiger partial charge on any atom is 0.322 e. The summed E-state index contributed by atoms with van der Waals surface area (Å²) < 4.78 is 5.39. The van der Waals surface area contributed by atoms with Crippen molar-refractivity contribution in [2.75, 3.05) is 11.6 Å². The van der Waals surface area contributed by atoms with Gasteiger partial charge < -0.3 is 4.42 Å². The van der Waals surface area contributed by atoms with Crippen LogP contribution in [0.1, 0.15) is 5.56 Å². The van der Waals surface area contributed by atoms with E-state index < -0.39 is 0 Å². The third-order valence-corrected chi connectivity index (χ3v) is 3.82. The van der Waals surface area contributed by atoms with Gasteiger partial charge in [0.05, 0.1) is 6.42 Å². The van der Waals surface area contributed by atoms with Crippen LogP contribution in [0, 0.1) is 0 Å². The number of aromatic nitrogens is 3. The lowest BCUT2D eigenvalue weighted by molar-refractivity contribution is -0.115. The van der Waals surface area contributed by atoms with Gasteiger partial charge in [0.1, 0.15) is 5.69 Å². The van der Waals surface area contributed by atoms with Crippen LogP contribution < -0.4 is 5.32 Å². The van der Waals surface area contributed by atoms with E-state index in [4.69, 9.17) is 4.42 Å². The van der Waals surface area contributed by atoms with Crippen molar-refractivity contribution in [1.29, 1.82) is 0 Å². The number of rotatable bonds is 5. The van der Waals surface area contributed by atoms with E-state index in [0.29, 0.717) is 5.69 Å². The van der Waals surface area contributed by atoms with Gasteiger partial charge >= 0.3 is 6.01 Å². The molecule has 0 saturated heterocycles. The zero-order valence-corrected chi connectivity index (χ0v) is 13.2. The molecule has 23 heavy (non-hydrogen) atoms. The van der Waals surface area contributed by atoms with Gasteiger partial charge in [-0.2, -0.15) is 0 Å². The summed E-state index contributed by atoms with van der Waals surface area (Å²) in [6, 6.07) is 13.3. The summed E-state index contributed by atoms with van der Waals surface area (Å²) in [5.74, 6) is 0.0587. The number of nitrogens with one attached hydrogen (secondary N) is 1. The fraction of sp³-hybridized carbons (Fsp3) is 0.125. The van der Waals surface area contributed by atoms with Gasteiger partial charge in [-0.3, -0.25) is 15.1 Å². The molecule has 0 spiro atoms. The number of hydrogen-bond donors (Lipinski definition) is 1. The van der Waals surface area contributed by atoms with Crippen molar-refractivity contribution in [3.63, 3.8) is 0 Å². The van der Waals surface area contributed by atoms with E-state index in [2.05, 4.69) is 20.5 Å². The van der Waals surface area contributed by atoms with Crippen molar-refractivity contribution in [3.05, 3.63) is 54.2 Å².